The zero-order valence-corrected chi connectivity index (χ0v) is 18.6. The minimum Gasteiger partial charge on any atom is -0.507 e. The van der Waals surface area contributed by atoms with Crippen LogP contribution in [0.1, 0.15) is 11.1 Å². The van der Waals surface area contributed by atoms with E-state index < -0.39 is 0 Å². The van der Waals surface area contributed by atoms with Gasteiger partial charge in [0.15, 0.2) is 0 Å². The minimum absolute atomic E-state index is 0.152. The lowest BCUT2D eigenvalue weighted by Crippen LogP contribution is -2.37. The van der Waals surface area contributed by atoms with Gasteiger partial charge in [-0.3, -0.25) is 0 Å². The Bertz CT molecular complexity index is 1290. The van der Waals surface area contributed by atoms with Crippen molar-refractivity contribution in [2.75, 3.05) is 41.9 Å². The molecule has 0 aliphatic carbocycles. The minimum atomic E-state index is 0.152. The number of aromatic hydroxyl groups is 1. The van der Waals surface area contributed by atoms with Crippen molar-refractivity contribution in [2.45, 2.75) is 6.54 Å². The van der Waals surface area contributed by atoms with Crippen LogP contribution in [0.25, 0.3) is 10.8 Å². The topological polar surface area (TPSA) is 108 Å². The van der Waals surface area contributed by atoms with E-state index in [9.17, 15) is 5.11 Å². The monoisotopic (exact) mass is 455 g/mol. The molecule has 4 aromatic rings. The first kappa shape index (κ1) is 21.6. The molecule has 0 amide bonds. The van der Waals surface area contributed by atoms with Crippen LogP contribution in [0.4, 0.5) is 17.8 Å². The first-order valence-corrected chi connectivity index (χ1v) is 11.1. The fourth-order valence-corrected chi connectivity index (χ4v) is 3.75. The number of aromatic nitrogens is 3. The van der Waals surface area contributed by atoms with Crippen LogP contribution in [0, 0.1) is 0 Å². The van der Waals surface area contributed by atoms with Crippen LogP contribution >= 0.6 is 0 Å². The van der Waals surface area contributed by atoms with E-state index in [-0.39, 0.29) is 5.75 Å². The Morgan fingerprint density at radius 1 is 0.912 bits per heavy atom. The SMILES string of the molecule is Oc1ccc2ccccc2c1C=NNc1nc(NCc2ccccc2)nc(N2CCOCC2)n1. The fraction of sp³-hybridized carbons (Fsp3) is 0.200. The van der Waals surface area contributed by atoms with E-state index in [1.807, 2.05) is 60.7 Å². The highest BCUT2D eigenvalue weighted by Crippen LogP contribution is 2.25. The Labute approximate surface area is 197 Å². The summed E-state index contributed by atoms with van der Waals surface area (Å²) < 4.78 is 5.46. The molecule has 5 rings (SSSR count). The van der Waals surface area contributed by atoms with Crippen molar-refractivity contribution in [1.29, 1.82) is 0 Å². The summed E-state index contributed by atoms with van der Waals surface area (Å²) in [6.45, 7) is 3.24. The number of ether oxygens (including phenoxy) is 1. The smallest absolute Gasteiger partial charge is 0.250 e. The summed E-state index contributed by atoms with van der Waals surface area (Å²) in [5, 5.41) is 19.9. The molecular formula is C25H25N7O2. The van der Waals surface area contributed by atoms with E-state index in [1.54, 1.807) is 12.3 Å². The third-order valence-corrected chi connectivity index (χ3v) is 5.52. The molecule has 1 fully saturated rings. The van der Waals surface area contributed by atoms with Gasteiger partial charge in [-0.25, -0.2) is 5.43 Å². The highest BCUT2D eigenvalue weighted by Gasteiger charge is 2.16. The van der Waals surface area contributed by atoms with Crippen LogP contribution in [0.2, 0.25) is 0 Å². The molecule has 0 spiro atoms. The standard InChI is InChI=1S/C25H25N7O2/c33-22-11-10-19-8-4-5-9-20(19)21(22)17-27-31-24-28-23(26-16-18-6-2-1-3-7-18)29-25(30-24)32-12-14-34-15-13-32/h1-11,17,33H,12-16H2,(H2,26,28,29,30,31). The lowest BCUT2D eigenvalue weighted by Gasteiger charge is -2.27. The number of anilines is 3. The van der Waals surface area contributed by atoms with Crippen molar-refractivity contribution >= 4 is 34.8 Å². The number of benzene rings is 3. The molecule has 0 radical (unpaired) electrons. The van der Waals surface area contributed by atoms with Gasteiger partial charge in [-0.1, -0.05) is 60.7 Å². The maximum absolute atomic E-state index is 10.4. The number of hydrogen-bond donors (Lipinski definition) is 3. The Morgan fingerprint density at radius 3 is 2.53 bits per heavy atom. The normalized spacial score (nSPS) is 13.9. The van der Waals surface area contributed by atoms with Crippen molar-refractivity contribution in [3.05, 3.63) is 77.9 Å². The fourth-order valence-electron chi connectivity index (χ4n) is 3.75. The number of phenolic OH excluding ortho intramolecular Hbond substituents is 1. The molecule has 1 aromatic heterocycles. The van der Waals surface area contributed by atoms with Gasteiger partial charge in [0.1, 0.15) is 5.75 Å². The largest absolute Gasteiger partial charge is 0.507 e. The molecule has 0 atom stereocenters. The first-order valence-electron chi connectivity index (χ1n) is 11.1. The molecule has 0 bridgehead atoms. The van der Waals surface area contributed by atoms with Crippen LogP contribution in [0.15, 0.2) is 71.8 Å². The number of phenols is 1. The van der Waals surface area contributed by atoms with Gasteiger partial charge in [0.25, 0.3) is 0 Å². The van der Waals surface area contributed by atoms with Gasteiger partial charge in [-0.15, -0.1) is 0 Å². The summed E-state index contributed by atoms with van der Waals surface area (Å²) in [5.41, 5.74) is 4.64. The third-order valence-electron chi connectivity index (χ3n) is 5.52. The van der Waals surface area contributed by atoms with Crippen molar-refractivity contribution < 1.29 is 9.84 Å². The molecule has 0 saturated carbocycles. The van der Waals surface area contributed by atoms with Gasteiger partial charge in [0.05, 0.1) is 19.4 Å². The van der Waals surface area contributed by atoms with Gasteiger partial charge >= 0.3 is 0 Å². The number of hydrogen-bond acceptors (Lipinski definition) is 9. The van der Waals surface area contributed by atoms with Crippen LogP contribution in [-0.2, 0) is 11.3 Å². The van der Waals surface area contributed by atoms with E-state index in [2.05, 4.69) is 35.7 Å². The number of hydrazone groups is 1. The van der Waals surface area contributed by atoms with Gasteiger partial charge < -0.3 is 20.1 Å². The molecule has 3 N–H and O–H groups in total. The summed E-state index contributed by atoms with van der Waals surface area (Å²) in [4.78, 5) is 15.7. The van der Waals surface area contributed by atoms with E-state index in [1.165, 1.54) is 0 Å². The molecule has 1 saturated heterocycles. The third kappa shape index (κ3) is 5.05. The number of nitrogens with one attached hydrogen (secondary N) is 2. The molecule has 9 heteroatoms. The zero-order chi connectivity index (χ0) is 23.2. The maximum Gasteiger partial charge on any atom is 0.250 e. The summed E-state index contributed by atoms with van der Waals surface area (Å²) in [6.07, 6.45) is 1.58. The second-order valence-corrected chi connectivity index (χ2v) is 7.81. The van der Waals surface area contributed by atoms with E-state index in [0.717, 1.165) is 16.3 Å². The average Bonchev–Trinajstić information content (AvgIpc) is 2.90. The van der Waals surface area contributed by atoms with Gasteiger partial charge in [0.2, 0.25) is 17.8 Å². The lowest BCUT2D eigenvalue weighted by atomic mass is 10.0. The van der Waals surface area contributed by atoms with Gasteiger partial charge in [0, 0.05) is 25.2 Å². The quantitative estimate of drug-likeness (QED) is 0.286. The molecule has 9 nitrogen and oxygen atoms in total. The van der Waals surface area contributed by atoms with E-state index in [4.69, 9.17) is 4.74 Å². The van der Waals surface area contributed by atoms with Crippen molar-refractivity contribution in [3.63, 3.8) is 0 Å². The first-order chi connectivity index (χ1) is 16.8. The zero-order valence-electron chi connectivity index (χ0n) is 18.6. The molecule has 3 aromatic carbocycles. The van der Waals surface area contributed by atoms with E-state index in [0.29, 0.717) is 56.3 Å². The van der Waals surface area contributed by atoms with Crippen LogP contribution in [0.5, 0.6) is 5.75 Å². The highest BCUT2D eigenvalue weighted by atomic mass is 16.5. The molecule has 34 heavy (non-hydrogen) atoms. The molecule has 1 aliphatic rings. The summed E-state index contributed by atoms with van der Waals surface area (Å²) >= 11 is 0. The molecular weight excluding hydrogens is 430 g/mol. The predicted molar refractivity (Wildman–Crippen MR) is 133 cm³/mol. The summed E-state index contributed by atoms with van der Waals surface area (Å²) in [7, 11) is 0. The van der Waals surface area contributed by atoms with Crippen molar-refractivity contribution in [1.82, 2.24) is 15.0 Å². The van der Waals surface area contributed by atoms with E-state index >= 15 is 0 Å². The summed E-state index contributed by atoms with van der Waals surface area (Å²) in [5.74, 6) is 1.47. The second-order valence-electron chi connectivity index (χ2n) is 7.81. The van der Waals surface area contributed by atoms with Crippen LogP contribution in [0.3, 0.4) is 0 Å². The average molecular weight is 456 g/mol. The van der Waals surface area contributed by atoms with Crippen molar-refractivity contribution in [3.8, 4) is 5.75 Å². The Kier molecular flexibility index (Phi) is 6.44. The number of rotatable bonds is 7. The maximum atomic E-state index is 10.4. The molecule has 2 heterocycles. The Balaban J connectivity index is 1.39. The van der Waals surface area contributed by atoms with Gasteiger partial charge in [-0.2, -0.15) is 20.1 Å². The second kappa shape index (κ2) is 10.1. The highest BCUT2D eigenvalue weighted by molar-refractivity contribution is 6.02. The van der Waals surface area contributed by atoms with Crippen molar-refractivity contribution in [2.24, 2.45) is 5.10 Å². The lowest BCUT2D eigenvalue weighted by molar-refractivity contribution is 0.122. The Hall–Kier alpha value is -4.24. The number of fused-ring (bicyclic) bond motifs is 1. The molecule has 0 unspecified atom stereocenters. The van der Waals surface area contributed by atoms with Gasteiger partial charge in [-0.05, 0) is 22.4 Å². The molecule has 1 aliphatic heterocycles. The predicted octanol–water partition coefficient (Wildman–Crippen LogP) is 3.63. The summed E-state index contributed by atoms with van der Waals surface area (Å²) in [6, 6.07) is 21.4. The molecule has 172 valence electrons. The van der Waals surface area contributed by atoms with Crippen LogP contribution < -0.4 is 15.6 Å². The Morgan fingerprint density at radius 2 is 1.68 bits per heavy atom. The van der Waals surface area contributed by atoms with Crippen LogP contribution in [-0.4, -0.2) is 52.6 Å². The number of morpholine rings is 1. The number of nitrogens with zero attached hydrogens (tertiary/aromatic N) is 5.